The van der Waals surface area contributed by atoms with Crippen molar-refractivity contribution in [2.24, 2.45) is 10.4 Å². The Morgan fingerprint density at radius 1 is 1.22 bits per heavy atom. The summed E-state index contributed by atoms with van der Waals surface area (Å²) in [5.74, 6) is -0.151. The van der Waals surface area contributed by atoms with Crippen LogP contribution in [0.4, 0.5) is 5.69 Å². The second-order valence-corrected chi connectivity index (χ2v) is 5.45. The molecule has 90 valence electrons. The number of carbonyl (C=O) groups is 1. The average molecular weight is 315 g/mol. The fourth-order valence-electron chi connectivity index (χ4n) is 1.94. The van der Waals surface area contributed by atoms with Crippen LogP contribution in [-0.4, -0.2) is 17.7 Å². The first-order valence-corrected chi connectivity index (χ1v) is 5.79. The number of fused-ring (bicyclic) bond motifs is 1. The van der Waals surface area contributed by atoms with Crippen molar-refractivity contribution in [1.82, 2.24) is 0 Å². The molecule has 0 bridgehead atoms. The Hall–Kier alpha value is 0.165. The Bertz CT molecular complexity index is 489. The molecular formula is C14H17N2ORb. The van der Waals surface area contributed by atoms with E-state index in [1.54, 1.807) is 0 Å². The predicted molar refractivity (Wildman–Crippen MR) is 69.9 cm³/mol. The van der Waals surface area contributed by atoms with Gasteiger partial charge in [0.2, 0.25) is 0 Å². The summed E-state index contributed by atoms with van der Waals surface area (Å²) in [7, 11) is 0. The Morgan fingerprint density at radius 2 is 1.83 bits per heavy atom. The van der Waals surface area contributed by atoms with Crippen molar-refractivity contribution in [3.05, 3.63) is 35.1 Å². The average Bonchev–Trinajstić information content (AvgIpc) is 2.36. The molecule has 0 aliphatic carbocycles. The van der Waals surface area contributed by atoms with Crippen LogP contribution < -0.4 is 58.2 Å². The molecule has 2 rings (SSSR count). The van der Waals surface area contributed by atoms with Crippen LogP contribution in [0.15, 0.2) is 29.3 Å². The number of rotatable bonds is 0. The van der Waals surface area contributed by atoms with Crippen molar-refractivity contribution < 1.29 is 63.0 Å². The molecule has 1 aliphatic rings. The van der Waals surface area contributed by atoms with E-state index in [0.717, 1.165) is 17.0 Å². The summed E-state index contributed by atoms with van der Waals surface area (Å²) in [5, 5.41) is 4.18. The van der Waals surface area contributed by atoms with Crippen LogP contribution in [0.3, 0.4) is 0 Å². The minimum absolute atomic E-state index is 0. The van der Waals surface area contributed by atoms with Gasteiger partial charge in [0.05, 0.1) is 11.9 Å². The van der Waals surface area contributed by atoms with E-state index in [4.69, 9.17) is 0 Å². The molecule has 0 saturated heterocycles. The molecule has 0 fully saturated rings. The van der Waals surface area contributed by atoms with Crippen LogP contribution in [0.2, 0.25) is 0 Å². The van der Waals surface area contributed by atoms with E-state index >= 15 is 0 Å². The molecule has 0 saturated carbocycles. The second-order valence-electron chi connectivity index (χ2n) is 5.45. The topological polar surface area (TPSA) is 43.5 Å². The number of hydrogen-bond acceptors (Lipinski definition) is 2. The number of nitrogens with zero attached hydrogens (tertiary/aromatic N) is 2. The van der Waals surface area contributed by atoms with Gasteiger partial charge in [0, 0.05) is 5.71 Å². The van der Waals surface area contributed by atoms with Crippen LogP contribution in [0.1, 0.15) is 33.3 Å². The number of benzene rings is 1. The fraction of sp³-hybridized carbons (Fsp3) is 0.429. The maximum atomic E-state index is 12.1. The molecule has 1 amide bonds. The molecule has 4 heteroatoms. The van der Waals surface area contributed by atoms with E-state index in [9.17, 15) is 4.79 Å². The third kappa shape index (κ3) is 3.38. The third-order valence-corrected chi connectivity index (χ3v) is 2.90. The molecule has 1 aliphatic heterocycles. The van der Waals surface area contributed by atoms with Gasteiger partial charge in [0.25, 0.3) is 0 Å². The Labute approximate surface area is 157 Å². The van der Waals surface area contributed by atoms with Crippen LogP contribution in [0, 0.1) is 5.41 Å². The molecule has 3 nitrogen and oxygen atoms in total. The van der Waals surface area contributed by atoms with Gasteiger partial charge in [-0.3, -0.25) is 4.99 Å². The standard InChI is InChI=1S/C14H18N2O.Rb/c1-9-10-7-5-6-8-11(10)16-13(17)12(15-9)14(2,3)4;/h5-8,12H,1-4H3,(H,15,16,17);/q;+1/p-1. The Kier molecular flexibility index (Phi) is 5.48. The van der Waals surface area contributed by atoms with Crippen LogP contribution >= 0.6 is 0 Å². The number of benzodiazepines with no additional fused rings is 1. The maximum absolute atomic E-state index is 12.1. The van der Waals surface area contributed by atoms with Crippen LogP contribution in [-0.2, 0) is 4.79 Å². The number of carbonyl (C=O) groups excluding carboxylic acids is 1. The predicted octanol–water partition coefficient (Wildman–Crippen LogP) is 0.460. The number of aliphatic imine (C=N–C) groups is 1. The van der Waals surface area contributed by atoms with Gasteiger partial charge >= 0.3 is 58.2 Å². The molecule has 1 unspecified atom stereocenters. The summed E-state index contributed by atoms with van der Waals surface area (Å²) in [5.41, 5.74) is 2.36. The number of hydrogen-bond donors (Lipinski definition) is 0. The zero-order valence-electron chi connectivity index (χ0n) is 11.7. The maximum Gasteiger partial charge on any atom is 1.00 e. The van der Waals surface area contributed by atoms with Crippen LogP contribution in [0.5, 0.6) is 0 Å². The largest absolute Gasteiger partial charge is 1.00 e. The quantitative estimate of drug-likeness (QED) is 0.686. The Balaban J connectivity index is 0.00000162. The van der Waals surface area contributed by atoms with Gasteiger partial charge < -0.3 is 10.1 Å². The summed E-state index contributed by atoms with van der Waals surface area (Å²) in [4.78, 5) is 16.6. The SMILES string of the molecule is CC1=NC(C(C)(C)C)C(=O)[N-]c2ccccc21.[Rb+]. The minimum atomic E-state index is -0.394. The monoisotopic (exact) mass is 314 g/mol. The van der Waals surface area contributed by atoms with E-state index in [0.29, 0.717) is 0 Å². The van der Waals surface area contributed by atoms with Gasteiger partial charge in [-0.15, -0.1) is 5.69 Å². The minimum Gasteiger partial charge on any atom is -0.624 e. The molecule has 1 heterocycles. The van der Waals surface area contributed by atoms with Crippen molar-refractivity contribution in [1.29, 1.82) is 0 Å². The molecule has 0 aromatic heterocycles. The Morgan fingerprint density at radius 3 is 2.44 bits per heavy atom. The van der Waals surface area contributed by atoms with Crippen molar-refractivity contribution >= 4 is 17.3 Å². The van der Waals surface area contributed by atoms with Crippen LogP contribution in [0.25, 0.3) is 5.32 Å². The molecular weight excluding hydrogens is 298 g/mol. The molecule has 1 aromatic carbocycles. The van der Waals surface area contributed by atoms with E-state index < -0.39 is 6.04 Å². The first-order valence-electron chi connectivity index (χ1n) is 5.79. The molecule has 0 radical (unpaired) electrons. The van der Waals surface area contributed by atoms with E-state index in [-0.39, 0.29) is 69.5 Å². The summed E-state index contributed by atoms with van der Waals surface area (Å²) in [6.45, 7) is 7.97. The first kappa shape index (κ1) is 16.2. The summed E-state index contributed by atoms with van der Waals surface area (Å²) in [6, 6.07) is 7.25. The molecule has 18 heavy (non-hydrogen) atoms. The zero-order valence-corrected chi connectivity index (χ0v) is 16.6. The van der Waals surface area contributed by atoms with Gasteiger partial charge in [-0.05, 0) is 17.9 Å². The van der Waals surface area contributed by atoms with E-state index in [1.807, 2.05) is 52.0 Å². The smallest absolute Gasteiger partial charge is 0.624 e. The first-order chi connectivity index (χ1) is 7.89. The zero-order chi connectivity index (χ0) is 12.6. The normalized spacial score (nSPS) is 19.0. The fourth-order valence-corrected chi connectivity index (χ4v) is 1.94. The molecule has 0 N–H and O–H groups in total. The molecule has 0 spiro atoms. The van der Waals surface area contributed by atoms with Gasteiger partial charge in [-0.2, -0.15) is 0 Å². The van der Waals surface area contributed by atoms with Gasteiger partial charge in [-0.25, -0.2) is 0 Å². The molecule has 1 atom stereocenters. The molecule has 1 aromatic rings. The summed E-state index contributed by atoms with van der Waals surface area (Å²) in [6.07, 6.45) is 0. The van der Waals surface area contributed by atoms with Gasteiger partial charge in [0.15, 0.2) is 0 Å². The third-order valence-electron chi connectivity index (χ3n) is 2.90. The second kappa shape index (κ2) is 6.08. The van der Waals surface area contributed by atoms with Gasteiger partial charge in [-0.1, -0.05) is 45.0 Å². The van der Waals surface area contributed by atoms with Crippen molar-refractivity contribution in [3.8, 4) is 0 Å². The van der Waals surface area contributed by atoms with E-state index in [1.165, 1.54) is 0 Å². The summed E-state index contributed by atoms with van der Waals surface area (Å²) >= 11 is 0. The van der Waals surface area contributed by atoms with Crippen molar-refractivity contribution in [2.45, 2.75) is 33.7 Å². The number of para-hydroxylation sites is 1. The number of amides is 1. The summed E-state index contributed by atoms with van der Waals surface area (Å²) < 4.78 is 0. The van der Waals surface area contributed by atoms with E-state index in [2.05, 4.69) is 10.3 Å². The van der Waals surface area contributed by atoms with Gasteiger partial charge in [0.1, 0.15) is 0 Å². The van der Waals surface area contributed by atoms with Crippen molar-refractivity contribution in [3.63, 3.8) is 0 Å². The van der Waals surface area contributed by atoms with Crippen molar-refractivity contribution in [2.75, 3.05) is 0 Å².